The van der Waals surface area contributed by atoms with Gasteiger partial charge in [-0.3, -0.25) is 0 Å². The van der Waals surface area contributed by atoms with E-state index >= 15 is 0 Å². The van der Waals surface area contributed by atoms with Gasteiger partial charge < -0.3 is 10.1 Å². The third kappa shape index (κ3) is 3.52. The summed E-state index contributed by atoms with van der Waals surface area (Å²) in [4.78, 5) is 0. The molecule has 2 nitrogen and oxygen atoms in total. The Morgan fingerprint density at radius 2 is 1.48 bits per heavy atom. The second-order valence-corrected chi connectivity index (χ2v) is 6.31. The second kappa shape index (κ2) is 6.42. The minimum Gasteiger partial charge on any atom is -0.380 e. The Hall–Kier alpha value is -1.64. The van der Waals surface area contributed by atoms with Gasteiger partial charge in [-0.25, -0.2) is 0 Å². The van der Waals surface area contributed by atoms with Crippen LogP contribution in [-0.2, 0) is 4.74 Å². The smallest absolute Gasteiger partial charge is 0.0554 e. The SMILES string of the molecule is CC1(CNCC(c2ccccc2)c2ccccc2)COC1. The van der Waals surface area contributed by atoms with Gasteiger partial charge in [0, 0.05) is 24.4 Å². The lowest BCUT2D eigenvalue weighted by Crippen LogP contribution is -2.47. The molecule has 2 heteroatoms. The second-order valence-electron chi connectivity index (χ2n) is 6.31. The topological polar surface area (TPSA) is 21.3 Å². The van der Waals surface area contributed by atoms with Crippen molar-refractivity contribution in [2.45, 2.75) is 12.8 Å². The zero-order chi connectivity index (χ0) is 14.5. The number of ether oxygens (including phenoxy) is 1. The predicted molar refractivity (Wildman–Crippen MR) is 86.5 cm³/mol. The molecule has 1 aliphatic heterocycles. The summed E-state index contributed by atoms with van der Waals surface area (Å²) in [6, 6.07) is 21.5. The molecule has 1 aliphatic rings. The zero-order valence-electron chi connectivity index (χ0n) is 12.6. The first-order valence-electron chi connectivity index (χ1n) is 7.65. The third-order valence-corrected chi connectivity index (χ3v) is 4.21. The van der Waals surface area contributed by atoms with Crippen LogP contribution in [0.3, 0.4) is 0 Å². The summed E-state index contributed by atoms with van der Waals surface area (Å²) < 4.78 is 5.32. The number of hydrogen-bond donors (Lipinski definition) is 1. The van der Waals surface area contributed by atoms with Crippen LogP contribution in [0.15, 0.2) is 60.7 Å². The molecule has 0 spiro atoms. The number of benzene rings is 2. The van der Waals surface area contributed by atoms with Crippen LogP contribution in [0.1, 0.15) is 24.0 Å². The number of nitrogens with one attached hydrogen (secondary N) is 1. The third-order valence-electron chi connectivity index (χ3n) is 4.21. The highest BCUT2D eigenvalue weighted by Crippen LogP contribution is 2.27. The fourth-order valence-corrected chi connectivity index (χ4v) is 2.87. The molecule has 110 valence electrons. The molecule has 0 atom stereocenters. The molecule has 1 heterocycles. The normalized spacial score (nSPS) is 16.7. The van der Waals surface area contributed by atoms with E-state index in [1.165, 1.54) is 11.1 Å². The van der Waals surface area contributed by atoms with E-state index in [0.29, 0.717) is 11.3 Å². The van der Waals surface area contributed by atoms with E-state index in [9.17, 15) is 0 Å². The first-order valence-corrected chi connectivity index (χ1v) is 7.65. The van der Waals surface area contributed by atoms with Crippen molar-refractivity contribution in [3.63, 3.8) is 0 Å². The molecule has 0 aliphatic carbocycles. The Kier molecular flexibility index (Phi) is 4.37. The molecule has 0 bridgehead atoms. The minimum atomic E-state index is 0.317. The Bertz CT molecular complexity index is 509. The van der Waals surface area contributed by atoms with Crippen LogP contribution in [0.5, 0.6) is 0 Å². The van der Waals surface area contributed by atoms with Crippen molar-refractivity contribution in [2.75, 3.05) is 26.3 Å². The van der Waals surface area contributed by atoms with Gasteiger partial charge in [-0.05, 0) is 11.1 Å². The summed E-state index contributed by atoms with van der Waals surface area (Å²) in [6.45, 7) is 6.01. The summed E-state index contributed by atoms with van der Waals surface area (Å²) >= 11 is 0. The molecule has 0 aromatic heterocycles. The van der Waals surface area contributed by atoms with Gasteiger partial charge in [0.25, 0.3) is 0 Å². The summed E-state index contributed by atoms with van der Waals surface area (Å²) in [7, 11) is 0. The van der Waals surface area contributed by atoms with Crippen molar-refractivity contribution in [1.82, 2.24) is 5.32 Å². The molecular weight excluding hydrogens is 258 g/mol. The average molecular weight is 281 g/mol. The Morgan fingerprint density at radius 1 is 0.952 bits per heavy atom. The van der Waals surface area contributed by atoms with Crippen LogP contribution in [0, 0.1) is 5.41 Å². The Balaban J connectivity index is 1.70. The number of hydrogen-bond acceptors (Lipinski definition) is 2. The summed E-state index contributed by atoms with van der Waals surface area (Å²) in [5, 5.41) is 3.64. The molecule has 1 N–H and O–H groups in total. The van der Waals surface area contributed by atoms with Crippen molar-refractivity contribution in [2.24, 2.45) is 5.41 Å². The van der Waals surface area contributed by atoms with E-state index in [4.69, 9.17) is 4.74 Å². The molecule has 0 unspecified atom stereocenters. The Morgan fingerprint density at radius 3 is 1.90 bits per heavy atom. The Labute approximate surface area is 127 Å². The molecule has 0 amide bonds. The molecule has 21 heavy (non-hydrogen) atoms. The van der Waals surface area contributed by atoms with Crippen LogP contribution >= 0.6 is 0 Å². The van der Waals surface area contributed by atoms with Crippen molar-refractivity contribution < 1.29 is 4.74 Å². The van der Waals surface area contributed by atoms with Crippen LogP contribution in [0.25, 0.3) is 0 Å². The molecule has 0 saturated carbocycles. The standard InChI is InChI=1S/C19H23NO/c1-19(14-21-15-19)13-20-12-18(16-8-4-2-5-9-16)17-10-6-3-7-11-17/h2-11,18,20H,12-15H2,1H3. The van der Waals surface area contributed by atoms with E-state index < -0.39 is 0 Å². The fraction of sp³-hybridized carbons (Fsp3) is 0.368. The molecule has 3 rings (SSSR count). The van der Waals surface area contributed by atoms with Crippen molar-refractivity contribution in [1.29, 1.82) is 0 Å². The maximum absolute atomic E-state index is 5.32. The summed E-state index contributed by atoms with van der Waals surface area (Å²) in [5.74, 6) is 0.400. The van der Waals surface area contributed by atoms with Gasteiger partial charge in [0.15, 0.2) is 0 Å². The van der Waals surface area contributed by atoms with Gasteiger partial charge >= 0.3 is 0 Å². The molecule has 2 aromatic carbocycles. The lowest BCUT2D eigenvalue weighted by Gasteiger charge is -2.38. The van der Waals surface area contributed by atoms with Crippen molar-refractivity contribution in [3.05, 3.63) is 71.8 Å². The van der Waals surface area contributed by atoms with Gasteiger partial charge in [0.2, 0.25) is 0 Å². The van der Waals surface area contributed by atoms with Crippen LogP contribution < -0.4 is 5.32 Å². The highest BCUT2D eigenvalue weighted by molar-refractivity contribution is 5.32. The van der Waals surface area contributed by atoms with E-state index in [-0.39, 0.29) is 0 Å². The summed E-state index contributed by atoms with van der Waals surface area (Å²) in [6.07, 6.45) is 0. The van der Waals surface area contributed by atoms with Gasteiger partial charge in [-0.2, -0.15) is 0 Å². The van der Waals surface area contributed by atoms with Gasteiger partial charge in [0.1, 0.15) is 0 Å². The van der Waals surface area contributed by atoms with Gasteiger partial charge in [0.05, 0.1) is 13.2 Å². The van der Waals surface area contributed by atoms with E-state index in [2.05, 4.69) is 72.9 Å². The van der Waals surface area contributed by atoms with Crippen LogP contribution in [0.4, 0.5) is 0 Å². The predicted octanol–water partition coefficient (Wildman–Crippen LogP) is 3.44. The lowest BCUT2D eigenvalue weighted by molar-refractivity contribution is -0.0989. The zero-order valence-corrected chi connectivity index (χ0v) is 12.6. The molecule has 0 radical (unpaired) electrons. The van der Waals surface area contributed by atoms with Crippen LogP contribution in [0.2, 0.25) is 0 Å². The minimum absolute atomic E-state index is 0.317. The molecular formula is C19H23NO. The fourth-order valence-electron chi connectivity index (χ4n) is 2.87. The highest BCUT2D eigenvalue weighted by Gasteiger charge is 2.32. The van der Waals surface area contributed by atoms with E-state index in [0.717, 1.165) is 26.3 Å². The van der Waals surface area contributed by atoms with E-state index in [1.807, 2.05) is 0 Å². The first-order chi connectivity index (χ1) is 10.3. The maximum atomic E-state index is 5.32. The van der Waals surface area contributed by atoms with Crippen molar-refractivity contribution >= 4 is 0 Å². The quantitative estimate of drug-likeness (QED) is 0.875. The maximum Gasteiger partial charge on any atom is 0.0554 e. The monoisotopic (exact) mass is 281 g/mol. The molecule has 2 aromatic rings. The van der Waals surface area contributed by atoms with E-state index in [1.54, 1.807) is 0 Å². The van der Waals surface area contributed by atoms with Gasteiger partial charge in [-0.15, -0.1) is 0 Å². The average Bonchev–Trinajstić information content (AvgIpc) is 2.51. The first kappa shape index (κ1) is 14.3. The largest absolute Gasteiger partial charge is 0.380 e. The number of rotatable bonds is 6. The molecule has 1 saturated heterocycles. The summed E-state index contributed by atoms with van der Waals surface area (Å²) in [5.41, 5.74) is 3.05. The lowest BCUT2D eigenvalue weighted by atomic mass is 9.87. The molecule has 1 fully saturated rings. The van der Waals surface area contributed by atoms with Gasteiger partial charge in [-0.1, -0.05) is 67.6 Å². The van der Waals surface area contributed by atoms with Crippen molar-refractivity contribution in [3.8, 4) is 0 Å². The highest BCUT2D eigenvalue weighted by atomic mass is 16.5. The van der Waals surface area contributed by atoms with Crippen LogP contribution in [-0.4, -0.2) is 26.3 Å².